The standard InChI is InChI=1S/C13H14Br2ClN3/c1-13(2,3)19-11(7-16)17-18-12(19)8-4-9(14)6-10(15)5-8/h4-6H,7H2,1-3H3. The van der Waals surface area contributed by atoms with Gasteiger partial charge in [-0.2, -0.15) is 0 Å². The van der Waals surface area contributed by atoms with Crippen molar-refractivity contribution in [3.05, 3.63) is 33.0 Å². The van der Waals surface area contributed by atoms with Gasteiger partial charge in [0.05, 0.1) is 5.88 Å². The Kier molecular flexibility index (Phi) is 4.38. The van der Waals surface area contributed by atoms with Crippen molar-refractivity contribution in [1.82, 2.24) is 14.8 Å². The van der Waals surface area contributed by atoms with Gasteiger partial charge in [-0.3, -0.25) is 0 Å². The fourth-order valence-electron chi connectivity index (χ4n) is 1.98. The molecule has 0 atom stereocenters. The minimum absolute atomic E-state index is 0.127. The van der Waals surface area contributed by atoms with Gasteiger partial charge < -0.3 is 4.57 Å². The molecule has 0 saturated carbocycles. The van der Waals surface area contributed by atoms with E-state index >= 15 is 0 Å². The van der Waals surface area contributed by atoms with Crippen LogP contribution in [-0.4, -0.2) is 14.8 Å². The maximum Gasteiger partial charge on any atom is 0.164 e. The number of halogens is 3. The average Bonchev–Trinajstić information content (AvgIpc) is 2.70. The Morgan fingerprint density at radius 1 is 1.11 bits per heavy atom. The van der Waals surface area contributed by atoms with Crippen LogP contribution in [0.4, 0.5) is 0 Å². The van der Waals surface area contributed by atoms with Crippen LogP contribution in [0, 0.1) is 0 Å². The van der Waals surface area contributed by atoms with Crippen LogP contribution in [0.5, 0.6) is 0 Å². The van der Waals surface area contributed by atoms with E-state index in [0.29, 0.717) is 5.88 Å². The normalized spacial score (nSPS) is 11.9. The van der Waals surface area contributed by atoms with E-state index in [0.717, 1.165) is 26.2 Å². The summed E-state index contributed by atoms with van der Waals surface area (Å²) in [6, 6.07) is 6.04. The van der Waals surface area contributed by atoms with Crippen LogP contribution in [0.3, 0.4) is 0 Å². The Labute approximate surface area is 134 Å². The summed E-state index contributed by atoms with van der Waals surface area (Å²) in [6.45, 7) is 6.34. The van der Waals surface area contributed by atoms with Gasteiger partial charge in [-0.1, -0.05) is 31.9 Å². The molecule has 102 valence electrons. The molecule has 1 aromatic heterocycles. The van der Waals surface area contributed by atoms with E-state index in [1.807, 2.05) is 18.2 Å². The monoisotopic (exact) mass is 405 g/mol. The Bertz CT molecular complexity index is 582. The summed E-state index contributed by atoms with van der Waals surface area (Å²) in [4.78, 5) is 0. The van der Waals surface area contributed by atoms with E-state index in [1.54, 1.807) is 0 Å². The van der Waals surface area contributed by atoms with Crippen molar-refractivity contribution < 1.29 is 0 Å². The molecular formula is C13H14Br2ClN3. The maximum atomic E-state index is 5.96. The summed E-state index contributed by atoms with van der Waals surface area (Å²) in [7, 11) is 0. The zero-order chi connectivity index (χ0) is 14.2. The summed E-state index contributed by atoms with van der Waals surface area (Å²) >= 11 is 13.0. The number of nitrogens with zero attached hydrogens (tertiary/aromatic N) is 3. The lowest BCUT2D eigenvalue weighted by atomic mass is 10.1. The number of alkyl halides is 1. The summed E-state index contributed by atoms with van der Waals surface area (Å²) in [5, 5.41) is 8.48. The quantitative estimate of drug-likeness (QED) is 0.659. The van der Waals surface area contributed by atoms with Crippen molar-refractivity contribution in [2.24, 2.45) is 0 Å². The highest BCUT2D eigenvalue weighted by Gasteiger charge is 2.23. The van der Waals surface area contributed by atoms with Crippen molar-refractivity contribution >= 4 is 43.5 Å². The van der Waals surface area contributed by atoms with Gasteiger partial charge in [-0.25, -0.2) is 0 Å². The summed E-state index contributed by atoms with van der Waals surface area (Å²) in [6.07, 6.45) is 0. The Balaban J connectivity index is 2.66. The summed E-state index contributed by atoms with van der Waals surface area (Å²) in [5.74, 6) is 1.95. The molecule has 6 heteroatoms. The molecule has 19 heavy (non-hydrogen) atoms. The number of hydrogen-bond donors (Lipinski definition) is 0. The van der Waals surface area contributed by atoms with E-state index in [-0.39, 0.29) is 5.54 Å². The Morgan fingerprint density at radius 3 is 2.16 bits per heavy atom. The van der Waals surface area contributed by atoms with E-state index in [2.05, 4.69) is 67.4 Å². The molecule has 1 aromatic carbocycles. The second-order valence-electron chi connectivity index (χ2n) is 5.24. The highest BCUT2D eigenvalue weighted by Crippen LogP contribution is 2.30. The third-order valence-electron chi connectivity index (χ3n) is 2.64. The van der Waals surface area contributed by atoms with Crippen molar-refractivity contribution in [2.75, 3.05) is 0 Å². The van der Waals surface area contributed by atoms with Crippen LogP contribution in [-0.2, 0) is 11.4 Å². The number of hydrogen-bond acceptors (Lipinski definition) is 2. The Hall–Kier alpha value is -0.390. The van der Waals surface area contributed by atoms with Crippen LogP contribution in [0.1, 0.15) is 26.6 Å². The largest absolute Gasteiger partial charge is 0.305 e. The first-order valence-electron chi connectivity index (χ1n) is 5.80. The lowest BCUT2D eigenvalue weighted by Crippen LogP contribution is -2.24. The average molecular weight is 408 g/mol. The van der Waals surface area contributed by atoms with Crippen molar-refractivity contribution in [3.8, 4) is 11.4 Å². The first-order valence-corrected chi connectivity index (χ1v) is 7.92. The SMILES string of the molecule is CC(C)(C)n1c(CCl)nnc1-c1cc(Br)cc(Br)c1. The zero-order valence-electron chi connectivity index (χ0n) is 10.9. The molecule has 3 nitrogen and oxygen atoms in total. The number of aromatic nitrogens is 3. The van der Waals surface area contributed by atoms with E-state index in [4.69, 9.17) is 11.6 Å². The first-order chi connectivity index (χ1) is 8.82. The van der Waals surface area contributed by atoms with Gasteiger partial charge in [-0.05, 0) is 39.0 Å². The van der Waals surface area contributed by atoms with Crippen molar-refractivity contribution in [3.63, 3.8) is 0 Å². The molecule has 0 unspecified atom stereocenters. The molecule has 0 fully saturated rings. The fourth-order valence-corrected chi connectivity index (χ4v) is 3.44. The lowest BCUT2D eigenvalue weighted by Gasteiger charge is -2.24. The predicted molar refractivity (Wildman–Crippen MR) is 85.4 cm³/mol. The van der Waals surface area contributed by atoms with Gasteiger partial charge in [0.25, 0.3) is 0 Å². The molecule has 0 aliphatic carbocycles. The molecule has 0 spiro atoms. The number of rotatable bonds is 2. The molecule has 0 N–H and O–H groups in total. The van der Waals surface area contributed by atoms with Gasteiger partial charge in [0, 0.05) is 20.0 Å². The van der Waals surface area contributed by atoms with Gasteiger partial charge in [0.1, 0.15) is 5.82 Å². The first kappa shape index (κ1) is 15.0. The second-order valence-corrected chi connectivity index (χ2v) is 7.34. The minimum atomic E-state index is -0.127. The number of benzene rings is 1. The van der Waals surface area contributed by atoms with E-state index in [1.165, 1.54) is 0 Å². The maximum absolute atomic E-state index is 5.96. The van der Waals surface area contributed by atoms with Crippen LogP contribution in [0.2, 0.25) is 0 Å². The summed E-state index contributed by atoms with van der Waals surface area (Å²) in [5.41, 5.74) is 0.873. The lowest BCUT2D eigenvalue weighted by molar-refractivity contribution is 0.390. The predicted octanol–water partition coefficient (Wildman–Crippen LogP) is 4.96. The molecule has 2 rings (SSSR count). The van der Waals surface area contributed by atoms with Crippen LogP contribution < -0.4 is 0 Å². The molecule has 0 bridgehead atoms. The molecule has 0 aliphatic rings. The fraction of sp³-hybridized carbons (Fsp3) is 0.385. The topological polar surface area (TPSA) is 30.7 Å². The van der Waals surface area contributed by atoms with Gasteiger partial charge in [-0.15, -0.1) is 21.8 Å². The van der Waals surface area contributed by atoms with Crippen molar-refractivity contribution in [2.45, 2.75) is 32.2 Å². The van der Waals surface area contributed by atoms with Gasteiger partial charge in [0.2, 0.25) is 0 Å². The zero-order valence-corrected chi connectivity index (χ0v) is 14.8. The molecule has 2 aromatic rings. The molecular weight excluding hydrogens is 393 g/mol. The van der Waals surface area contributed by atoms with E-state index < -0.39 is 0 Å². The van der Waals surface area contributed by atoms with Crippen molar-refractivity contribution in [1.29, 1.82) is 0 Å². The molecule has 0 aliphatic heterocycles. The molecule has 1 heterocycles. The van der Waals surface area contributed by atoms with Crippen LogP contribution >= 0.6 is 43.5 Å². The van der Waals surface area contributed by atoms with Gasteiger partial charge in [0.15, 0.2) is 5.82 Å². The summed E-state index contributed by atoms with van der Waals surface area (Å²) < 4.78 is 4.06. The Morgan fingerprint density at radius 2 is 1.68 bits per heavy atom. The molecule has 0 radical (unpaired) electrons. The highest BCUT2D eigenvalue weighted by atomic mass is 79.9. The highest BCUT2D eigenvalue weighted by molar-refractivity contribution is 9.11. The van der Waals surface area contributed by atoms with Gasteiger partial charge >= 0.3 is 0 Å². The van der Waals surface area contributed by atoms with E-state index in [9.17, 15) is 0 Å². The smallest absolute Gasteiger partial charge is 0.164 e. The van der Waals surface area contributed by atoms with Crippen LogP contribution in [0.15, 0.2) is 27.1 Å². The molecule has 0 saturated heterocycles. The molecule has 0 amide bonds. The third kappa shape index (κ3) is 3.20. The van der Waals surface area contributed by atoms with Crippen LogP contribution in [0.25, 0.3) is 11.4 Å². The third-order valence-corrected chi connectivity index (χ3v) is 3.80. The minimum Gasteiger partial charge on any atom is -0.305 e. The second kappa shape index (κ2) is 5.54.